The molecule has 2 rings (SSSR count). The topological polar surface area (TPSA) is 82.1 Å². The van der Waals surface area contributed by atoms with Crippen molar-refractivity contribution in [3.8, 4) is 11.5 Å². The van der Waals surface area contributed by atoms with E-state index >= 15 is 0 Å². The van der Waals surface area contributed by atoms with Crippen LogP contribution in [-0.2, 0) is 14.3 Å². The summed E-state index contributed by atoms with van der Waals surface area (Å²) in [4.78, 5) is 37.3. The highest BCUT2D eigenvalue weighted by Crippen LogP contribution is 2.39. The number of nitrogens with zero attached hydrogens (tertiary/aromatic N) is 1. The summed E-state index contributed by atoms with van der Waals surface area (Å²) < 4.78 is 16.7. The fraction of sp³-hybridized carbons (Fsp3) is 0.316. The molecule has 0 radical (unpaired) electrons. The van der Waals surface area contributed by atoms with Crippen LogP contribution in [0, 0.1) is 0 Å². The number of amides is 2. The predicted molar refractivity (Wildman–Crippen MR) is 110 cm³/mol. The van der Waals surface area contributed by atoms with Gasteiger partial charge in [-0.1, -0.05) is 12.7 Å². The van der Waals surface area contributed by atoms with Crippen molar-refractivity contribution in [2.45, 2.75) is 13.8 Å². The number of rotatable bonds is 9. The number of esters is 1. The lowest BCUT2D eigenvalue weighted by Gasteiger charge is -2.14. The minimum absolute atomic E-state index is 0.180. The van der Waals surface area contributed by atoms with Gasteiger partial charge in [0.1, 0.15) is 13.2 Å². The fourth-order valence-corrected chi connectivity index (χ4v) is 3.75. The first-order valence-corrected chi connectivity index (χ1v) is 10.1. The highest BCUT2D eigenvalue weighted by atomic mass is 79.9. The summed E-state index contributed by atoms with van der Waals surface area (Å²) >= 11 is 4.21. The molecule has 0 saturated carbocycles. The minimum atomic E-state index is -0.629. The molecule has 9 heteroatoms. The molecular formula is C19H20BrNO6S. The molecule has 0 bridgehead atoms. The van der Waals surface area contributed by atoms with E-state index in [4.69, 9.17) is 14.2 Å². The number of benzene rings is 1. The third-order valence-corrected chi connectivity index (χ3v) is 4.94. The lowest BCUT2D eigenvalue weighted by Crippen LogP contribution is -2.34. The molecule has 28 heavy (non-hydrogen) atoms. The summed E-state index contributed by atoms with van der Waals surface area (Å²) in [5.41, 5.74) is 0.642. The molecular weight excluding hydrogens is 450 g/mol. The van der Waals surface area contributed by atoms with Crippen LogP contribution < -0.4 is 9.47 Å². The Kier molecular flexibility index (Phi) is 8.13. The number of imide groups is 1. The zero-order valence-electron chi connectivity index (χ0n) is 15.5. The maximum absolute atomic E-state index is 12.5. The second-order valence-electron chi connectivity index (χ2n) is 5.44. The number of halogens is 1. The Morgan fingerprint density at radius 2 is 2.00 bits per heavy atom. The van der Waals surface area contributed by atoms with Crippen molar-refractivity contribution in [1.82, 2.24) is 4.90 Å². The average molecular weight is 470 g/mol. The third-order valence-electron chi connectivity index (χ3n) is 3.44. The zero-order chi connectivity index (χ0) is 20.7. The second-order valence-corrected chi connectivity index (χ2v) is 7.28. The van der Waals surface area contributed by atoms with Crippen molar-refractivity contribution >= 4 is 50.9 Å². The van der Waals surface area contributed by atoms with Crippen LogP contribution in [0.4, 0.5) is 4.79 Å². The monoisotopic (exact) mass is 469 g/mol. The van der Waals surface area contributed by atoms with Crippen LogP contribution in [-0.4, -0.2) is 48.4 Å². The molecule has 1 aromatic carbocycles. The van der Waals surface area contributed by atoms with E-state index in [1.807, 2.05) is 6.92 Å². The average Bonchev–Trinajstić information content (AvgIpc) is 2.89. The van der Waals surface area contributed by atoms with Crippen LogP contribution in [0.2, 0.25) is 0 Å². The van der Waals surface area contributed by atoms with Gasteiger partial charge in [-0.05, 0) is 65.3 Å². The first-order chi connectivity index (χ1) is 13.4. The lowest BCUT2D eigenvalue weighted by atomic mass is 10.2. The van der Waals surface area contributed by atoms with E-state index in [0.29, 0.717) is 34.7 Å². The van der Waals surface area contributed by atoms with E-state index in [1.54, 1.807) is 31.2 Å². The molecule has 1 aromatic rings. The normalized spacial score (nSPS) is 15.1. The van der Waals surface area contributed by atoms with Gasteiger partial charge in [-0.25, -0.2) is 0 Å². The molecule has 150 valence electrons. The van der Waals surface area contributed by atoms with Crippen LogP contribution in [0.3, 0.4) is 0 Å². The Morgan fingerprint density at radius 3 is 2.64 bits per heavy atom. The van der Waals surface area contributed by atoms with Gasteiger partial charge >= 0.3 is 5.97 Å². The van der Waals surface area contributed by atoms with Gasteiger partial charge in [0.25, 0.3) is 11.1 Å². The van der Waals surface area contributed by atoms with Gasteiger partial charge in [0.05, 0.1) is 22.6 Å². The van der Waals surface area contributed by atoms with Crippen LogP contribution in [0.25, 0.3) is 6.08 Å². The second kappa shape index (κ2) is 10.3. The van der Waals surface area contributed by atoms with E-state index < -0.39 is 23.7 Å². The largest absolute Gasteiger partial charge is 0.490 e. The smallest absolute Gasteiger partial charge is 0.326 e. The van der Waals surface area contributed by atoms with Crippen molar-refractivity contribution in [1.29, 1.82) is 0 Å². The Hall–Kier alpha value is -2.26. The number of ether oxygens (including phenoxy) is 3. The van der Waals surface area contributed by atoms with Crippen molar-refractivity contribution in [3.63, 3.8) is 0 Å². The molecule has 7 nitrogen and oxygen atoms in total. The molecule has 1 aliphatic rings. The third kappa shape index (κ3) is 5.39. The van der Waals surface area contributed by atoms with Crippen LogP contribution in [0.5, 0.6) is 11.5 Å². The number of hydrogen-bond donors (Lipinski definition) is 0. The SMILES string of the molecule is C=CCOc1c(Br)cc(/C=C2/SC(=O)N(CC(=O)OCC)C2=O)cc1OCC. The van der Waals surface area contributed by atoms with Crippen molar-refractivity contribution in [3.05, 3.63) is 39.7 Å². The van der Waals surface area contributed by atoms with Crippen LogP contribution >= 0.6 is 27.7 Å². The molecule has 0 aliphatic carbocycles. The molecule has 0 unspecified atom stereocenters. The standard InChI is InChI=1S/C19H20BrNO6S/c1-4-7-27-17-13(20)8-12(9-14(17)25-5-2)10-15-18(23)21(19(24)28-15)11-16(22)26-6-3/h4,8-10H,1,5-7,11H2,2-3H3/b15-10+. The van der Waals surface area contributed by atoms with Crippen molar-refractivity contribution < 1.29 is 28.6 Å². The van der Waals surface area contributed by atoms with Gasteiger partial charge in [-0.2, -0.15) is 0 Å². The van der Waals surface area contributed by atoms with Crippen LogP contribution in [0.15, 0.2) is 34.2 Å². The van der Waals surface area contributed by atoms with E-state index in [0.717, 1.165) is 16.7 Å². The number of hydrogen-bond acceptors (Lipinski definition) is 7. The van der Waals surface area contributed by atoms with Crippen LogP contribution in [0.1, 0.15) is 19.4 Å². The summed E-state index contributed by atoms with van der Waals surface area (Å²) in [6.45, 7) is 7.63. The molecule has 0 aromatic heterocycles. The Labute approximate surface area is 175 Å². The van der Waals surface area contributed by atoms with Gasteiger partial charge in [-0.15, -0.1) is 0 Å². The zero-order valence-corrected chi connectivity index (χ0v) is 17.9. The summed E-state index contributed by atoms with van der Waals surface area (Å²) in [5.74, 6) is -0.148. The molecule has 0 N–H and O–H groups in total. The van der Waals surface area contributed by atoms with E-state index in [1.165, 1.54) is 0 Å². The van der Waals surface area contributed by atoms with E-state index in [-0.39, 0.29) is 11.5 Å². The van der Waals surface area contributed by atoms with Gasteiger partial charge in [-0.3, -0.25) is 19.3 Å². The highest BCUT2D eigenvalue weighted by molar-refractivity contribution is 9.10. The maximum atomic E-state index is 12.5. The molecule has 0 atom stereocenters. The van der Waals surface area contributed by atoms with Crippen molar-refractivity contribution in [2.75, 3.05) is 26.4 Å². The lowest BCUT2D eigenvalue weighted by molar-refractivity contribution is -0.145. The summed E-state index contributed by atoms with van der Waals surface area (Å²) in [6.07, 6.45) is 3.19. The molecule has 1 fully saturated rings. The van der Waals surface area contributed by atoms with Crippen molar-refractivity contribution in [2.24, 2.45) is 0 Å². The van der Waals surface area contributed by atoms with E-state index in [2.05, 4.69) is 22.5 Å². The van der Waals surface area contributed by atoms with Gasteiger partial charge in [0.15, 0.2) is 11.5 Å². The molecule has 1 saturated heterocycles. The maximum Gasteiger partial charge on any atom is 0.326 e. The Balaban J connectivity index is 2.29. The first kappa shape index (κ1) is 22.0. The van der Waals surface area contributed by atoms with Gasteiger partial charge in [0.2, 0.25) is 0 Å². The summed E-state index contributed by atoms with van der Waals surface area (Å²) in [5, 5.41) is -0.515. The number of carbonyl (C=O) groups excluding carboxylic acids is 3. The molecule has 1 heterocycles. The minimum Gasteiger partial charge on any atom is -0.490 e. The Morgan fingerprint density at radius 1 is 1.25 bits per heavy atom. The molecule has 0 spiro atoms. The molecule has 1 aliphatic heterocycles. The number of carbonyl (C=O) groups is 3. The van der Waals surface area contributed by atoms with Gasteiger partial charge in [0, 0.05) is 0 Å². The van der Waals surface area contributed by atoms with Gasteiger partial charge < -0.3 is 14.2 Å². The fourth-order valence-electron chi connectivity index (χ4n) is 2.34. The summed E-state index contributed by atoms with van der Waals surface area (Å²) in [6, 6.07) is 3.46. The highest BCUT2D eigenvalue weighted by Gasteiger charge is 2.36. The summed E-state index contributed by atoms with van der Waals surface area (Å²) in [7, 11) is 0. The Bertz CT molecular complexity index is 823. The first-order valence-electron chi connectivity index (χ1n) is 8.52. The van der Waals surface area contributed by atoms with E-state index in [9.17, 15) is 14.4 Å². The molecule has 2 amide bonds. The predicted octanol–water partition coefficient (Wildman–Crippen LogP) is 4.01. The number of thioether (sulfide) groups is 1. The quantitative estimate of drug-likeness (QED) is 0.306.